The lowest BCUT2D eigenvalue weighted by Gasteiger charge is -2.34. The predicted octanol–water partition coefficient (Wildman–Crippen LogP) is 3.21. The molecule has 3 atom stereocenters. The molecule has 1 amide bonds. The second-order valence-corrected chi connectivity index (χ2v) is 6.46. The van der Waals surface area contributed by atoms with E-state index in [1.807, 2.05) is 0 Å². The summed E-state index contributed by atoms with van der Waals surface area (Å²) in [7, 11) is 0. The zero-order valence-corrected chi connectivity index (χ0v) is 11.0. The van der Waals surface area contributed by atoms with Crippen LogP contribution in [-0.4, -0.2) is 23.4 Å². The monoisotopic (exact) mass is 235 g/mol. The average molecular weight is 235 g/mol. The summed E-state index contributed by atoms with van der Waals surface area (Å²) >= 11 is 0. The van der Waals surface area contributed by atoms with Gasteiger partial charge in [-0.3, -0.25) is 4.79 Å². The van der Waals surface area contributed by atoms with E-state index in [2.05, 4.69) is 11.8 Å². The number of nitrogens with zero attached hydrogens (tertiary/aromatic N) is 1. The first kappa shape index (κ1) is 11.6. The van der Waals surface area contributed by atoms with Crippen LogP contribution in [-0.2, 0) is 4.79 Å². The molecule has 3 fully saturated rings. The van der Waals surface area contributed by atoms with Gasteiger partial charge in [-0.25, -0.2) is 0 Å². The topological polar surface area (TPSA) is 20.3 Å². The maximum absolute atomic E-state index is 12.4. The normalized spacial score (nSPS) is 38.4. The fraction of sp³-hybridized carbons (Fsp3) is 0.933. The first-order valence-corrected chi connectivity index (χ1v) is 7.58. The Morgan fingerprint density at radius 3 is 2.41 bits per heavy atom. The van der Waals surface area contributed by atoms with E-state index in [-0.39, 0.29) is 0 Å². The SMILES string of the molecule is C[C@@H]1C[C@H]1C(=O)N1CCC[C@@H]1C1CCCCC1. The van der Waals surface area contributed by atoms with E-state index in [1.165, 1.54) is 44.9 Å². The Balaban J connectivity index is 1.64. The van der Waals surface area contributed by atoms with E-state index in [1.54, 1.807) is 0 Å². The maximum atomic E-state index is 12.4. The smallest absolute Gasteiger partial charge is 0.226 e. The molecule has 0 aromatic carbocycles. The van der Waals surface area contributed by atoms with Crippen molar-refractivity contribution in [1.82, 2.24) is 4.90 Å². The van der Waals surface area contributed by atoms with Gasteiger partial charge in [-0.2, -0.15) is 0 Å². The van der Waals surface area contributed by atoms with Crippen molar-refractivity contribution in [2.24, 2.45) is 17.8 Å². The third-order valence-corrected chi connectivity index (χ3v) is 5.20. The summed E-state index contributed by atoms with van der Waals surface area (Å²) in [6.07, 6.45) is 10.6. The highest BCUT2D eigenvalue weighted by atomic mass is 16.2. The Kier molecular flexibility index (Phi) is 3.14. The summed E-state index contributed by atoms with van der Waals surface area (Å²) in [5.74, 6) is 2.36. The predicted molar refractivity (Wildman–Crippen MR) is 68.6 cm³/mol. The number of likely N-dealkylation sites (tertiary alicyclic amines) is 1. The van der Waals surface area contributed by atoms with Gasteiger partial charge in [-0.1, -0.05) is 26.2 Å². The molecule has 2 nitrogen and oxygen atoms in total. The van der Waals surface area contributed by atoms with Gasteiger partial charge in [-0.15, -0.1) is 0 Å². The molecule has 0 N–H and O–H groups in total. The van der Waals surface area contributed by atoms with Crippen LogP contribution in [0, 0.1) is 17.8 Å². The number of hydrogen-bond acceptors (Lipinski definition) is 1. The van der Waals surface area contributed by atoms with Crippen LogP contribution in [0.15, 0.2) is 0 Å². The molecular formula is C15H25NO. The Labute approximate surface area is 105 Å². The Hall–Kier alpha value is -0.530. The summed E-state index contributed by atoms with van der Waals surface area (Å²) < 4.78 is 0. The molecular weight excluding hydrogens is 210 g/mol. The van der Waals surface area contributed by atoms with Gasteiger partial charge >= 0.3 is 0 Å². The van der Waals surface area contributed by atoms with Crippen LogP contribution in [0.4, 0.5) is 0 Å². The average Bonchev–Trinajstić information content (AvgIpc) is 2.92. The fourth-order valence-electron chi connectivity index (χ4n) is 3.95. The first-order chi connectivity index (χ1) is 8.27. The van der Waals surface area contributed by atoms with E-state index in [0.717, 1.165) is 18.9 Å². The molecule has 3 rings (SSSR count). The summed E-state index contributed by atoms with van der Waals surface area (Å²) in [4.78, 5) is 14.7. The number of amides is 1. The molecule has 17 heavy (non-hydrogen) atoms. The van der Waals surface area contributed by atoms with E-state index in [0.29, 0.717) is 23.8 Å². The van der Waals surface area contributed by atoms with Crippen molar-refractivity contribution >= 4 is 5.91 Å². The van der Waals surface area contributed by atoms with E-state index in [4.69, 9.17) is 0 Å². The number of carbonyl (C=O) groups is 1. The van der Waals surface area contributed by atoms with Crippen molar-refractivity contribution in [1.29, 1.82) is 0 Å². The molecule has 2 heteroatoms. The lowest BCUT2D eigenvalue weighted by molar-refractivity contribution is -0.134. The van der Waals surface area contributed by atoms with E-state index >= 15 is 0 Å². The molecule has 0 aromatic heterocycles. The minimum absolute atomic E-state index is 0.388. The highest BCUT2D eigenvalue weighted by Gasteiger charge is 2.45. The van der Waals surface area contributed by atoms with E-state index < -0.39 is 0 Å². The minimum atomic E-state index is 0.388. The van der Waals surface area contributed by atoms with Crippen LogP contribution >= 0.6 is 0 Å². The van der Waals surface area contributed by atoms with E-state index in [9.17, 15) is 4.79 Å². The molecule has 0 unspecified atom stereocenters. The number of hydrogen-bond donors (Lipinski definition) is 0. The lowest BCUT2D eigenvalue weighted by Crippen LogP contribution is -2.41. The molecule has 1 heterocycles. The lowest BCUT2D eigenvalue weighted by atomic mass is 9.83. The third-order valence-electron chi connectivity index (χ3n) is 5.20. The second-order valence-electron chi connectivity index (χ2n) is 6.46. The maximum Gasteiger partial charge on any atom is 0.226 e. The van der Waals surface area contributed by atoms with Crippen LogP contribution in [0.2, 0.25) is 0 Å². The van der Waals surface area contributed by atoms with Crippen LogP contribution in [0.3, 0.4) is 0 Å². The molecule has 0 aromatic rings. The van der Waals surface area contributed by atoms with Crippen LogP contribution < -0.4 is 0 Å². The van der Waals surface area contributed by atoms with Crippen molar-refractivity contribution in [2.75, 3.05) is 6.54 Å². The van der Waals surface area contributed by atoms with Crippen molar-refractivity contribution in [3.63, 3.8) is 0 Å². The molecule has 0 bridgehead atoms. The zero-order valence-electron chi connectivity index (χ0n) is 11.0. The summed E-state index contributed by atoms with van der Waals surface area (Å²) in [6, 6.07) is 0.607. The van der Waals surface area contributed by atoms with Gasteiger partial charge in [0.15, 0.2) is 0 Å². The van der Waals surface area contributed by atoms with Crippen LogP contribution in [0.5, 0.6) is 0 Å². The molecule has 0 spiro atoms. The fourth-order valence-corrected chi connectivity index (χ4v) is 3.95. The standard InChI is InChI=1S/C15H25NO/c1-11-10-13(11)15(17)16-9-5-8-14(16)12-6-3-2-4-7-12/h11-14H,2-10H2,1H3/t11-,13-,14-/m1/s1. The second kappa shape index (κ2) is 4.62. The Morgan fingerprint density at radius 2 is 1.76 bits per heavy atom. The highest BCUT2D eigenvalue weighted by molar-refractivity contribution is 5.82. The van der Waals surface area contributed by atoms with Gasteiger partial charge in [0.1, 0.15) is 0 Å². The van der Waals surface area contributed by atoms with Gasteiger partial charge in [0.2, 0.25) is 5.91 Å². The Bertz CT molecular complexity index is 295. The minimum Gasteiger partial charge on any atom is -0.339 e. The summed E-state index contributed by atoms with van der Waals surface area (Å²) in [5, 5.41) is 0. The zero-order chi connectivity index (χ0) is 11.8. The van der Waals surface area contributed by atoms with Gasteiger partial charge in [0.05, 0.1) is 0 Å². The summed E-state index contributed by atoms with van der Waals surface area (Å²) in [6.45, 7) is 3.26. The van der Waals surface area contributed by atoms with Crippen LogP contribution in [0.25, 0.3) is 0 Å². The molecule has 2 aliphatic carbocycles. The highest BCUT2D eigenvalue weighted by Crippen LogP contribution is 2.42. The van der Waals surface area contributed by atoms with Crippen molar-refractivity contribution < 1.29 is 4.79 Å². The van der Waals surface area contributed by atoms with Crippen molar-refractivity contribution in [2.45, 2.75) is 64.3 Å². The van der Waals surface area contributed by atoms with Gasteiger partial charge in [0.25, 0.3) is 0 Å². The third kappa shape index (κ3) is 2.23. The largest absolute Gasteiger partial charge is 0.339 e. The quantitative estimate of drug-likeness (QED) is 0.719. The molecule has 1 saturated heterocycles. The molecule has 1 aliphatic heterocycles. The molecule has 96 valence electrons. The van der Waals surface area contributed by atoms with Crippen LogP contribution in [0.1, 0.15) is 58.3 Å². The molecule has 2 saturated carbocycles. The number of carbonyl (C=O) groups excluding carboxylic acids is 1. The first-order valence-electron chi connectivity index (χ1n) is 7.58. The Morgan fingerprint density at radius 1 is 1.06 bits per heavy atom. The summed E-state index contributed by atoms with van der Waals surface area (Å²) in [5.41, 5.74) is 0. The van der Waals surface area contributed by atoms with Gasteiger partial charge < -0.3 is 4.90 Å². The van der Waals surface area contributed by atoms with Crippen molar-refractivity contribution in [3.05, 3.63) is 0 Å². The number of rotatable bonds is 2. The molecule has 3 aliphatic rings. The van der Waals surface area contributed by atoms with Gasteiger partial charge in [-0.05, 0) is 43.9 Å². The van der Waals surface area contributed by atoms with Gasteiger partial charge in [0, 0.05) is 18.5 Å². The van der Waals surface area contributed by atoms with Crippen molar-refractivity contribution in [3.8, 4) is 0 Å². The molecule has 0 radical (unpaired) electrons.